The molecule has 0 aromatic heterocycles. The summed E-state index contributed by atoms with van der Waals surface area (Å²) in [4.78, 5) is 0. The number of hydrogen-bond acceptors (Lipinski definition) is 2. The molecule has 18 heavy (non-hydrogen) atoms. The summed E-state index contributed by atoms with van der Waals surface area (Å²) in [5.74, 6) is 0.992. The molecule has 0 radical (unpaired) electrons. The summed E-state index contributed by atoms with van der Waals surface area (Å²) in [5.41, 5.74) is 0.532. The molecule has 0 fully saturated rings. The Balaban J connectivity index is 2.81. The van der Waals surface area contributed by atoms with Crippen LogP contribution >= 0.6 is 11.6 Å². The lowest BCUT2D eigenvalue weighted by Crippen LogP contribution is -2.08. The molecule has 0 aliphatic rings. The van der Waals surface area contributed by atoms with Crippen LogP contribution < -0.4 is 9.47 Å². The van der Waals surface area contributed by atoms with Gasteiger partial charge in [0.2, 0.25) is 0 Å². The van der Waals surface area contributed by atoms with Gasteiger partial charge in [0.25, 0.3) is 0 Å². The molecule has 1 atom stereocenters. The van der Waals surface area contributed by atoms with Crippen LogP contribution in [0.25, 0.3) is 0 Å². The van der Waals surface area contributed by atoms with E-state index < -0.39 is 18.0 Å². The predicted octanol–water partition coefficient (Wildman–Crippen LogP) is 4.33. The van der Waals surface area contributed by atoms with Gasteiger partial charge >= 0.3 is 6.18 Å². The van der Waals surface area contributed by atoms with E-state index in [1.54, 1.807) is 18.2 Å². The van der Waals surface area contributed by atoms with Crippen molar-refractivity contribution in [2.75, 3.05) is 14.2 Å². The van der Waals surface area contributed by atoms with Gasteiger partial charge in [-0.05, 0) is 12.5 Å². The molecule has 0 aliphatic heterocycles. The van der Waals surface area contributed by atoms with Gasteiger partial charge in [0.15, 0.2) is 0 Å². The average molecular weight is 283 g/mol. The lowest BCUT2D eigenvalue weighted by Gasteiger charge is -2.15. The van der Waals surface area contributed by atoms with Crippen molar-refractivity contribution in [3.63, 3.8) is 0 Å². The summed E-state index contributed by atoms with van der Waals surface area (Å²) in [6.07, 6.45) is -5.31. The van der Waals surface area contributed by atoms with Gasteiger partial charge in [-0.1, -0.05) is 6.07 Å². The van der Waals surface area contributed by atoms with E-state index in [-0.39, 0.29) is 6.42 Å². The topological polar surface area (TPSA) is 18.5 Å². The van der Waals surface area contributed by atoms with E-state index in [0.29, 0.717) is 17.1 Å². The maximum Gasteiger partial charge on any atom is 0.389 e. The maximum absolute atomic E-state index is 12.1. The second kappa shape index (κ2) is 6.18. The van der Waals surface area contributed by atoms with Gasteiger partial charge in [-0.25, -0.2) is 0 Å². The standard InChI is InChI=1S/C12H14ClF3O2/c1-17-8-3-4-9(11(7-8)18-2)10(13)5-6-12(14,15)16/h3-4,7,10H,5-6H2,1-2H3. The number of ether oxygens (including phenoxy) is 2. The van der Waals surface area contributed by atoms with Crippen molar-refractivity contribution in [2.24, 2.45) is 0 Å². The Morgan fingerprint density at radius 1 is 1.22 bits per heavy atom. The molecule has 1 unspecified atom stereocenters. The van der Waals surface area contributed by atoms with Crippen LogP contribution in [0, 0.1) is 0 Å². The zero-order valence-electron chi connectivity index (χ0n) is 10.1. The maximum atomic E-state index is 12.1. The second-order valence-corrected chi connectivity index (χ2v) is 4.26. The van der Waals surface area contributed by atoms with Gasteiger partial charge in [-0.2, -0.15) is 13.2 Å². The molecule has 0 amide bonds. The highest BCUT2D eigenvalue weighted by atomic mass is 35.5. The quantitative estimate of drug-likeness (QED) is 0.749. The van der Waals surface area contributed by atoms with E-state index in [9.17, 15) is 13.2 Å². The normalized spacial score (nSPS) is 13.2. The van der Waals surface area contributed by atoms with Crippen molar-refractivity contribution < 1.29 is 22.6 Å². The minimum atomic E-state index is -4.20. The van der Waals surface area contributed by atoms with Crippen LogP contribution in [0.1, 0.15) is 23.8 Å². The molecular weight excluding hydrogens is 269 g/mol. The first kappa shape index (κ1) is 15.0. The van der Waals surface area contributed by atoms with Crippen LogP contribution in [0.2, 0.25) is 0 Å². The fourth-order valence-corrected chi connectivity index (χ4v) is 1.81. The van der Waals surface area contributed by atoms with Gasteiger partial charge in [-0.15, -0.1) is 11.6 Å². The molecule has 0 aliphatic carbocycles. The largest absolute Gasteiger partial charge is 0.497 e. The Morgan fingerprint density at radius 3 is 2.39 bits per heavy atom. The summed E-state index contributed by atoms with van der Waals surface area (Å²) in [5, 5.41) is -0.743. The van der Waals surface area contributed by atoms with Gasteiger partial charge in [0.05, 0.1) is 19.6 Å². The molecule has 0 spiro atoms. The fourth-order valence-electron chi connectivity index (χ4n) is 1.52. The number of benzene rings is 1. The SMILES string of the molecule is COc1ccc(C(Cl)CCC(F)(F)F)c(OC)c1. The van der Waals surface area contributed by atoms with E-state index in [2.05, 4.69) is 0 Å². The lowest BCUT2D eigenvalue weighted by molar-refractivity contribution is -0.135. The molecule has 0 saturated heterocycles. The summed E-state index contributed by atoms with van der Waals surface area (Å²) in [6.45, 7) is 0. The molecule has 6 heteroatoms. The smallest absolute Gasteiger partial charge is 0.389 e. The van der Waals surface area contributed by atoms with E-state index >= 15 is 0 Å². The minimum absolute atomic E-state index is 0.187. The number of alkyl halides is 4. The number of methoxy groups -OCH3 is 2. The van der Waals surface area contributed by atoms with Crippen molar-refractivity contribution >= 4 is 11.6 Å². The molecule has 0 N–H and O–H groups in total. The van der Waals surface area contributed by atoms with Crippen molar-refractivity contribution in [3.05, 3.63) is 23.8 Å². The van der Waals surface area contributed by atoms with Crippen molar-refractivity contribution in [1.82, 2.24) is 0 Å². The molecule has 1 rings (SSSR count). The zero-order valence-corrected chi connectivity index (χ0v) is 10.8. The summed E-state index contributed by atoms with van der Waals surface area (Å²) >= 11 is 5.97. The number of hydrogen-bond donors (Lipinski definition) is 0. The monoisotopic (exact) mass is 282 g/mol. The molecule has 0 saturated carbocycles. The van der Waals surface area contributed by atoms with Crippen molar-refractivity contribution in [3.8, 4) is 11.5 Å². The van der Waals surface area contributed by atoms with Crippen LogP contribution in [0.3, 0.4) is 0 Å². The van der Waals surface area contributed by atoms with E-state index in [1.165, 1.54) is 14.2 Å². The van der Waals surface area contributed by atoms with Crippen LogP contribution in [-0.2, 0) is 0 Å². The van der Waals surface area contributed by atoms with E-state index in [4.69, 9.17) is 21.1 Å². The molecule has 102 valence electrons. The molecule has 1 aromatic rings. The van der Waals surface area contributed by atoms with E-state index in [1.807, 2.05) is 0 Å². The summed E-state index contributed by atoms with van der Waals surface area (Å²) in [6, 6.07) is 4.85. The number of halogens is 4. The Morgan fingerprint density at radius 2 is 1.89 bits per heavy atom. The first-order chi connectivity index (χ1) is 8.37. The highest BCUT2D eigenvalue weighted by molar-refractivity contribution is 6.21. The second-order valence-electron chi connectivity index (χ2n) is 3.73. The van der Waals surface area contributed by atoms with Crippen molar-refractivity contribution in [1.29, 1.82) is 0 Å². The third-order valence-electron chi connectivity index (χ3n) is 2.46. The molecule has 0 heterocycles. The summed E-state index contributed by atoms with van der Waals surface area (Å²) < 4.78 is 46.5. The van der Waals surface area contributed by atoms with Gasteiger partial charge in [-0.3, -0.25) is 0 Å². The molecular formula is C12H14ClF3O2. The number of rotatable bonds is 5. The van der Waals surface area contributed by atoms with Crippen LogP contribution in [0.5, 0.6) is 11.5 Å². The van der Waals surface area contributed by atoms with Gasteiger partial charge in [0, 0.05) is 18.1 Å². The Hall–Kier alpha value is -1.10. The molecule has 2 nitrogen and oxygen atoms in total. The Bertz CT molecular complexity index is 393. The van der Waals surface area contributed by atoms with Crippen LogP contribution in [-0.4, -0.2) is 20.4 Å². The van der Waals surface area contributed by atoms with Crippen LogP contribution in [0.15, 0.2) is 18.2 Å². The first-order valence-electron chi connectivity index (χ1n) is 5.30. The third-order valence-corrected chi connectivity index (χ3v) is 2.91. The molecule has 0 bridgehead atoms. The fraction of sp³-hybridized carbons (Fsp3) is 0.500. The highest BCUT2D eigenvalue weighted by Crippen LogP contribution is 2.37. The first-order valence-corrected chi connectivity index (χ1v) is 5.73. The Labute approximate surface area is 109 Å². The molecule has 1 aromatic carbocycles. The van der Waals surface area contributed by atoms with Crippen molar-refractivity contribution in [2.45, 2.75) is 24.4 Å². The average Bonchev–Trinajstić information content (AvgIpc) is 2.34. The zero-order chi connectivity index (χ0) is 13.8. The lowest BCUT2D eigenvalue weighted by atomic mass is 10.1. The summed E-state index contributed by atoms with van der Waals surface area (Å²) in [7, 11) is 2.93. The Kier molecular flexibility index (Phi) is 5.14. The minimum Gasteiger partial charge on any atom is -0.497 e. The highest BCUT2D eigenvalue weighted by Gasteiger charge is 2.28. The van der Waals surface area contributed by atoms with E-state index in [0.717, 1.165) is 0 Å². The third kappa shape index (κ3) is 4.29. The van der Waals surface area contributed by atoms with Gasteiger partial charge < -0.3 is 9.47 Å². The van der Waals surface area contributed by atoms with Gasteiger partial charge in [0.1, 0.15) is 11.5 Å². The predicted molar refractivity (Wildman–Crippen MR) is 63.4 cm³/mol. The van der Waals surface area contributed by atoms with Crippen LogP contribution in [0.4, 0.5) is 13.2 Å².